The Bertz CT molecular complexity index is 523. The van der Waals surface area contributed by atoms with E-state index in [2.05, 4.69) is 15.2 Å². The SMILES string of the molecule is CN(CCc1ccncc1)c1cn[nH]c(=O)c1. The van der Waals surface area contributed by atoms with E-state index in [0.29, 0.717) is 0 Å². The second kappa shape index (κ2) is 5.25. The zero-order chi connectivity index (χ0) is 12.1. The first-order valence-corrected chi connectivity index (χ1v) is 5.40. The maximum Gasteiger partial charge on any atom is 0.266 e. The van der Waals surface area contributed by atoms with Gasteiger partial charge in [-0.05, 0) is 24.1 Å². The second-order valence-corrected chi connectivity index (χ2v) is 3.83. The molecule has 1 N–H and O–H groups in total. The van der Waals surface area contributed by atoms with Crippen LogP contribution in [0.4, 0.5) is 5.69 Å². The van der Waals surface area contributed by atoms with Gasteiger partial charge in [0.15, 0.2) is 0 Å². The number of aromatic nitrogens is 3. The van der Waals surface area contributed by atoms with Gasteiger partial charge in [0, 0.05) is 32.1 Å². The number of aromatic amines is 1. The maximum absolute atomic E-state index is 11.1. The average Bonchev–Trinajstić information content (AvgIpc) is 2.37. The molecule has 0 saturated heterocycles. The first-order chi connectivity index (χ1) is 8.25. The molecular formula is C12H14N4O. The third-order valence-corrected chi connectivity index (χ3v) is 2.58. The van der Waals surface area contributed by atoms with E-state index >= 15 is 0 Å². The first-order valence-electron chi connectivity index (χ1n) is 5.40. The monoisotopic (exact) mass is 230 g/mol. The summed E-state index contributed by atoms with van der Waals surface area (Å²) in [5.74, 6) is 0. The lowest BCUT2D eigenvalue weighted by atomic mass is 10.2. The Balaban J connectivity index is 1.98. The summed E-state index contributed by atoms with van der Waals surface area (Å²) in [6, 6.07) is 5.52. The molecule has 5 heteroatoms. The second-order valence-electron chi connectivity index (χ2n) is 3.83. The molecule has 0 aliphatic carbocycles. The lowest BCUT2D eigenvalue weighted by Crippen LogP contribution is -2.22. The van der Waals surface area contributed by atoms with Gasteiger partial charge in [0.1, 0.15) is 0 Å². The number of hydrogen-bond acceptors (Lipinski definition) is 4. The van der Waals surface area contributed by atoms with Gasteiger partial charge in [-0.2, -0.15) is 5.10 Å². The number of H-pyrrole nitrogens is 1. The molecule has 88 valence electrons. The summed E-state index contributed by atoms with van der Waals surface area (Å²) in [6.07, 6.45) is 6.12. The Morgan fingerprint density at radius 3 is 2.82 bits per heavy atom. The van der Waals surface area contributed by atoms with Gasteiger partial charge in [-0.25, -0.2) is 5.10 Å². The fourth-order valence-corrected chi connectivity index (χ4v) is 1.55. The largest absolute Gasteiger partial charge is 0.373 e. The molecule has 0 unspecified atom stereocenters. The van der Waals surface area contributed by atoms with Gasteiger partial charge < -0.3 is 4.90 Å². The summed E-state index contributed by atoms with van der Waals surface area (Å²) in [6.45, 7) is 0.829. The van der Waals surface area contributed by atoms with Gasteiger partial charge in [-0.15, -0.1) is 0 Å². The van der Waals surface area contributed by atoms with Crippen molar-refractivity contribution in [2.75, 3.05) is 18.5 Å². The van der Waals surface area contributed by atoms with E-state index in [1.165, 1.54) is 5.56 Å². The summed E-state index contributed by atoms with van der Waals surface area (Å²) in [5.41, 5.74) is 1.87. The Morgan fingerprint density at radius 1 is 1.35 bits per heavy atom. The van der Waals surface area contributed by atoms with Crippen LogP contribution in [-0.2, 0) is 6.42 Å². The van der Waals surface area contributed by atoms with Crippen molar-refractivity contribution < 1.29 is 0 Å². The van der Waals surface area contributed by atoms with Gasteiger partial charge in [-0.3, -0.25) is 9.78 Å². The van der Waals surface area contributed by atoms with Crippen LogP contribution in [0.2, 0.25) is 0 Å². The van der Waals surface area contributed by atoms with Gasteiger partial charge in [0.2, 0.25) is 0 Å². The van der Waals surface area contributed by atoms with Crippen LogP contribution in [0.3, 0.4) is 0 Å². The molecular weight excluding hydrogens is 216 g/mol. The van der Waals surface area contributed by atoms with Crippen LogP contribution in [0.5, 0.6) is 0 Å². The Morgan fingerprint density at radius 2 is 2.12 bits per heavy atom. The lowest BCUT2D eigenvalue weighted by Gasteiger charge is -2.18. The van der Waals surface area contributed by atoms with E-state index in [1.54, 1.807) is 24.7 Å². The molecule has 0 spiro atoms. The molecule has 2 heterocycles. The molecule has 17 heavy (non-hydrogen) atoms. The highest BCUT2D eigenvalue weighted by atomic mass is 16.1. The topological polar surface area (TPSA) is 61.9 Å². The van der Waals surface area contributed by atoms with E-state index < -0.39 is 0 Å². The van der Waals surface area contributed by atoms with E-state index in [4.69, 9.17) is 0 Å². The summed E-state index contributed by atoms with van der Waals surface area (Å²) in [7, 11) is 1.94. The molecule has 0 amide bonds. The fraction of sp³-hybridized carbons (Fsp3) is 0.250. The van der Waals surface area contributed by atoms with Crippen LogP contribution in [-0.4, -0.2) is 28.8 Å². The molecule has 0 fully saturated rings. The van der Waals surface area contributed by atoms with Crippen LogP contribution in [0.1, 0.15) is 5.56 Å². The van der Waals surface area contributed by atoms with Gasteiger partial charge in [0.25, 0.3) is 5.56 Å². The molecule has 2 aromatic heterocycles. The number of nitrogens with one attached hydrogen (secondary N) is 1. The molecule has 2 rings (SSSR count). The summed E-state index contributed by atoms with van der Waals surface area (Å²) in [4.78, 5) is 17.1. The van der Waals surface area contributed by atoms with E-state index in [9.17, 15) is 4.79 Å². The van der Waals surface area contributed by atoms with Crippen molar-refractivity contribution in [3.8, 4) is 0 Å². The molecule has 0 aromatic carbocycles. The highest BCUT2D eigenvalue weighted by Gasteiger charge is 2.02. The van der Waals surface area contributed by atoms with Crippen molar-refractivity contribution in [3.63, 3.8) is 0 Å². The molecule has 5 nitrogen and oxygen atoms in total. The molecule has 0 aliphatic heterocycles. The highest BCUT2D eigenvalue weighted by molar-refractivity contribution is 5.41. The van der Waals surface area contributed by atoms with Crippen molar-refractivity contribution in [1.82, 2.24) is 15.2 Å². The van der Waals surface area contributed by atoms with Gasteiger partial charge in [-0.1, -0.05) is 0 Å². The van der Waals surface area contributed by atoms with Crippen molar-refractivity contribution in [2.45, 2.75) is 6.42 Å². The van der Waals surface area contributed by atoms with Crippen molar-refractivity contribution in [1.29, 1.82) is 0 Å². The quantitative estimate of drug-likeness (QED) is 0.845. The van der Waals surface area contributed by atoms with Crippen molar-refractivity contribution in [3.05, 3.63) is 52.7 Å². The predicted molar refractivity (Wildman–Crippen MR) is 66.1 cm³/mol. The number of likely N-dealkylation sites (N-methyl/N-ethyl adjacent to an activating group) is 1. The van der Waals surface area contributed by atoms with Crippen molar-refractivity contribution >= 4 is 5.69 Å². The van der Waals surface area contributed by atoms with Gasteiger partial charge in [0.05, 0.1) is 11.9 Å². The normalized spacial score (nSPS) is 10.2. The third-order valence-electron chi connectivity index (χ3n) is 2.58. The summed E-state index contributed by atoms with van der Waals surface area (Å²) < 4.78 is 0. The van der Waals surface area contributed by atoms with Crippen molar-refractivity contribution in [2.24, 2.45) is 0 Å². The maximum atomic E-state index is 11.1. The van der Waals surface area contributed by atoms with Crippen LogP contribution in [0.15, 0.2) is 41.6 Å². The summed E-state index contributed by atoms with van der Waals surface area (Å²) >= 11 is 0. The Labute approximate surface area is 99.1 Å². The molecule has 2 aromatic rings. The smallest absolute Gasteiger partial charge is 0.266 e. The average molecular weight is 230 g/mol. The molecule has 0 aliphatic rings. The van der Waals surface area contributed by atoms with Crippen LogP contribution in [0.25, 0.3) is 0 Å². The number of rotatable bonds is 4. The van der Waals surface area contributed by atoms with Crippen LogP contribution < -0.4 is 10.5 Å². The summed E-state index contributed by atoms with van der Waals surface area (Å²) in [5, 5.41) is 6.13. The predicted octanol–water partition coefficient (Wildman–Crippen LogP) is 0.844. The lowest BCUT2D eigenvalue weighted by molar-refractivity contribution is 0.860. The van der Waals surface area contributed by atoms with E-state index in [0.717, 1.165) is 18.7 Å². The number of anilines is 1. The minimum atomic E-state index is -0.182. The number of hydrogen-bond donors (Lipinski definition) is 1. The zero-order valence-electron chi connectivity index (χ0n) is 9.63. The zero-order valence-corrected chi connectivity index (χ0v) is 9.63. The minimum absolute atomic E-state index is 0.182. The standard InChI is InChI=1S/C12H14N4O/c1-16(11-8-12(17)15-14-9-11)7-4-10-2-5-13-6-3-10/h2-3,5-6,8-9H,4,7H2,1H3,(H,15,17). The number of nitrogens with zero attached hydrogens (tertiary/aromatic N) is 3. The molecule has 0 radical (unpaired) electrons. The Kier molecular flexibility index (Phi) is 3.49. The van der Waals surface area contributed by atoms with E-state index in [-0.39, 0.29) is 5.56 Å². The Hall–Kier alpha value is -2.17. The van der Waals surface area contributed by atoms with Crippen LogP contribution >= 0.6 is 0 Å². The molecule has 0 atom stereocenters. The van der Waals surface area contributed by atoms with E-state index in [1.807, 2.05) is 24.1 Å². The molecule has 0 saturated carbocycles. The fourth-order valence-electron chi connectivity index (χ4n) is 1.55. The third kappa shape index (κ3) is 3.14. The number of pyridine rings is 1. The first kappa shape index (κ1) is 11.3. The highest BCUT2D eigenvalue weighted by Crippen LogP contribution is 2.07. The van der Waals surface area contributed by atoms with Gasteiger partial charge >= 0.3 is 0 Å². The van der Waals surface area contributed by atoms with Crippen LogP contribution in [0, 0.1) is 0 Å². The minimum Gasteiger partial charge on any atom is -0.373 e. The molecule has 0 bridgehead atoms.